The first-order chi connectivity index (χ1) is 10.7. The van der Waals surface area contributed by atoms with Crippen LogP contribution in [0.25, 0.3) is 0 Å². The molecule has 0 aliphatic carbocycles. The van der Waals surface area contributed by atoms with Crippen LogP contribution < -0.4 is 0 Å². The summed E-state index contributed by atoms with van der Waals surface area (Å²) in [7, 11) is 0. The molecular weight excluding hydrogens is 362 g/mol. The summed E-state index contributed by atoms with van der Waals surface area (Å²) < 4.78 is 6.34. The van der Waals surface area contributed by atoms with Gasteiger partial charge in [0.1, 0.15) is 11.6 Å². The van der Waals surface area contributed by atoms with Gasteiger partial charge in [-0.25, -0.2) is 9.59 Å². The van der Waals surface area contributed by atoms with Gasteiger partial charge in [-0.1, -0.05) is 28.1 Å². The predicted octanol–water partition coefficient (Wildman–Crippen LogP) is 3.70. The van der Waals surface area contributed by atoms with E-state index in [2.05, 4.69) is 15.9 Å². The number of hydrogen-bond acceptors (Lipinski definition) is 3. The number of carbonyl (C=O) groups excluding carboxylic acids is 1. The molecule has 1 N–H and O–H groups in total. The number of rotatable bonds is 3. The predicted molar refractivity (Wildman–Crippen MR) is 90.3 cm³/mol. The Morgan fingerprint density at radius 3 is 2.43 bits per heavy atom. The smallest absolute Gasteiger partial charge is 0.411 e. The molecule has 1 fully saturated rings. The second kappa shape index (κ2) is 6.91. The Kier molecular flexibility index (Phi) is 5.34. The van der Waals surface area contributed by atoms with Gasteiger partial charge in [-0.15, -0.1) is 0 Å². The lowest BCUT2D eigenvalue weighted by Crippen LogP contribution is -2.43. The fourth-order valence-corrected chi connectivity index (χ4v) is 3.05. The number of carboxylic acid groups (broad SMARTS) is 1. The Morgan fingerprint density at radius 2 is 1.91 bits per heavy atom. The third-order valence-corrected chi connectivity index (χ3v) is 4.27. The molecule has 5 nitrogen and oxygen atoms in total. The fourth-order valence-electron chi connectivity index (χ4n) is 2.78. The third-order valence-electron chi connectivity index (χ3n) is 3.74. The minimum absolute atomic E-state index is 0.116. The number of likely N-dealkylation sites (tertiary alicyclic amines) is 1. The van der Waals surface area contributed by atoms with E-state index in [9.17, 15) is 14.7 Å². The van der Waals surface area contributed by atoms with Gasteiger partial charge < -0.3 is 9.84 Å². The molecule has 2 atom stereocenters. The highest BCUT2D eigenvalue weighted by Crippen LogP contribution is 2.28. The Hall–Kier alpha value is -1.56. The Bertz CT molecular complexity index is 579. The van der Waals surface area contributed by atoms with Crippen molar-refractivity contribution in [2.75, 3.05) is 6.54 Å². The zero-order valence-electron chi connectivity index (χ0n) is 13.6. The van der Waals surface area contributed by atoms with Crippen LogP contribution in [0, 0.1) is 5.92 Å². The van der Waals surface area contributed by atoms with Gasteiger partial charge in [0, 0.05) is 11.0 Å². The van der Waals surface area contributed by atoms with E-state index in [0.29, 0.717) is 13.0 Å². The Morgan fingerprint density at radius 1 is 1.30 bits per heavy atom. The van der Waals surface area contributed by atoms with Crippen molar-refractivity contribution < 1.29 is 19.4 Å². The monoisotopic (exact) mass is 383 g/mol. The average Bonchev–Trinajstić information content (AvgIpc) is 2.84. The van der Waals surface area contributed by atoms with Crippen LogP contribution in [-0.2, 0) is 16.0 Å². The van der Waals surface area contributed by atoms with Crippen molar-refractivity contribution in [1.82, 2.24) is 4.90 Å². The zero-order valence-corrected chi connectivity index (χ0v) is 15.2. The maximum absolute atomic E-state index is 12.3. The second-order valence-electron chi connectivity index (χ2n) is 6.92. The highest BCUT2D eigenvalue weighted by Gasteiger charge is 2.41. The van der Waals surface area contributed by atoms with Gasteiger partial charge >= 0.3 is 12.1 Å². The highest BCUT2D eigenvalue weighted by atomic mass is 79.9. The van der Waals surface area contributed by atoms with E-state index in [0.717, 1.165) is 16.5 Å². The molecule has 1 aromatic rings. The van der Waals surface area contributed by atoms with Gasteiger partial charge in [0.25, 0.3) is 0 Å². The van der Waals surface area contributed by atoms with E-state index in [1.165, 1.54) is 4.90 Å². The third kappa shape index (κ3) is 4.96. The molecule has 23 heavy (non-hydrogen) atoms. The molecule has 0 unspecified atom stereocenters. The van der Waals surface area contributed by atoms with Crippen LogP contribution in [0.5, 0.6) is 0 Å². The quantitative estimate of drug-likeness (QED) is 0.863. The van der Waals surface area contributed by atoms with Crippen molar-refractivity contribution in [3.8, 4) is 0 Å². The maximum atomic E-state index is 12.3. The van der Waals surface area contributed by atoms with Crippen LogP contribution in [0.15, 0.2) is 28.7 Å². The van der Waals surface area contributed by atoms with Crippen LogP contribution in [-0.4, -0.2) is 40.3 Å². The molecule has 0 saturated carbocycles. The molecule has 126 valence electrons. The summed E-state index contributed by atoms with van der Waals surface area (Å²) in [5, 5.41) is 9.40. The number of nitrogens with zero attached hydrogens (tertiary/aromatic N) is 1. The first-order valence-corrected chi connectivity index (χ1v) is 8.42. The number of carbonyl (C=O) groups is 2. The van der Waals surface area contributed by atoms with Crippen LogP contribution in [0.1, 0.15) is 32.8 Å². The number of hydrogen-bond donors (Lipinski definition) is 1. The summed E-state index contributed by atoms with van der Waals surface area (Å²) in [6.07, 6.45) is 0.643. The minimum Gasteiger partial charge on any atom is -0.480 e. The zero-order chi connectivity index (χ0) is 17.2. The molecule has 2 rings (SSSR count). The molecule has 1 amide bonds. The van der Waals surface area contributed by atoms with E-state index < -0.39 is 23.7 Å². The first kappa shape index (κ1) is 17.8. The van der Waals surface area contributed by atoms with Crippen LogP contribution in [0.2, 0.25) is 0 Å². The molecule has 1 heterocycles. The van der Waals surface area contributed by atoms with Gasteiger partial charge in [0.15, 0.2) is 0 Å². The SMILES string of the molecule is CC(C)(C)OC(=O)N1C[C@H](Cc2ccc(Br)cc2)C[C@H]1C(=O)O. The topological polar surface area (TPSA) is 66.8 Å². The summed E-state index contributed by atoms with van der Waals surface area (Å²) in [6, 6.07) is 7.13. The van der Waals surface area contributed by atoms with E-state index >= 15 is 0 Å². The largest absolute Gasteiger partial charge is 0.480 e. The summed E-state index contributed by atoms with van der Waals surface area (Å²) in [6.45, 7) is 5.73. The van der Waals surface area contributed by atoms with Crippen molar-refractivity contribution in [3.63, 3.8) is 0 Å². The number of halogens is 1. The molecule has 6 heteroatoms. The average molecular weight is 384 g/mol. The first-order valence-electron chi connectivity index (χ1n) is 7.62. The molecule has 0 spiro atoms. The lowest BCUT2D eigenvalue weighted by atomic mass is 9.97. The second-order valence-corrected chi connectivity index (χ2v) is 7.83. The van der Waals surface area contributed by atoms with Crippen molar-refractivity contribution in [1.29, 1.82) is 0 Å². The Labute approximate surface area is 144 Å². The number of aliphatic carboxylic acids is 1. The lowest BCUT2D eigenvalue weighted by Gasteiger charge is -2.26. The van der Waals surface area contributed by atoms with Gasteiger partial charge in [-0.2, -0.15) is 0 Å². The van der Waals surface area contributed by atoms with Crippen molar-refractivity contribution in [3.05, 3.63) is 34.3 Å². The van der Waals surface area contributed by atoms with Crippen molar-refractivity contribution in [2.45, 2.75) is 45.3 Å². The summed E-state index contributed by atoms with van der Waals surface area (Å²) in [5.74, 6) is -0.862. The molecule has 0 radical (unpaired) electrons. The van der Waals surface area contributed by atoms with E-state index in [1.54, 1.807) is 20.8 Å². The summed E-state index contributed by atoms with van der Waals surface area (Å²) >= 11 is 3.40. The maximum Gasteiger partial charge on any atom is 0.411 e. The summed E-state index contributed by atoms with van der Waals surface area (Å²) in [4.78, 5) is 25.1. The minimum atomic E-state index is -0.978. The molecule has 1 aliphatic rings. The van der Waals surface area contributed by atoms with E-state index in [4.69, 9.17) is 4.74 Å². The molecular formula is C17H22BrNO4. The van der Waals surface area contributed by atoms with Crippen molar-refractivity contribution in [2.24, 2.45) is 5.92 Å². The normalized spacial score (nSPS) is 21.3. The highest BCUT2D eigenvalue weighted by molar-refractivity contribution is 9.10. The van der Waals surface area contributed by atoms with E-state index in [-0.39, 0.29) is 5.92 Å². The van der Waals surface area contributed by atoms with Gasteiger partial charge in [0.2, 0.25) is 0 Å². The number of amides is 1. The van der Waals surface area contributed by atoms with Crippen molar-refractivity contribution >= 4 is 28.0 Å². The summed E-state index contributed by atoms with van der Waals surface area (Å²) in [5.41, 5.74) is 0.498. The van der Waals surface area contributed by atoms with Crippen LogP contribution in [0.4, 0.5) is 4.79 Å². The van der Waals surface area contributed by atoms with Crippen LogP contribution >= 0.6 is 15.9 Å². The lowest BCUT2D eigenvalue weighted by molar-refractivity contribution is -0.142. The number of benzene rings is 1. The number of carboxylic acids is 1. The molecule has 0 aromatic heterocycles. The van der Waals surface area contributed by atoms with Gasteiger partial charge in [-0.3, -0.25) is 4.90 Å². The van der Waals surface area contributed by atoms with Gasteiger partial charge in [-0.05, 0) is 57.2 Å². The molecule has 1 saturated heterocycles. The molecule has 0 bridgehead atoms. The molecule has 1 aromatic carbocycles. The fraction of sp³-hybridized carbons (Fsp3) is 0.529. The standard InChI is InChI=1S/C17H22BrNO4/c1-17(2,3)23-16(22)19-10-12(9-14(19)15(20)21)8-11-4-6-13(18)7-5-11/h4-7,12,14H,8-10H2,1-3H3,(H,20,21)/t12-,14+/m1/s1. The molecule has 1 aliphatic heterocycles. The Balaban J connectivity index is 2.06. The van der Waals surface area contributed by atoms with E-state index in [1.807, 2.05) is 24.3 Å². The van der Waals surface area contributed by atoms with Crippen LogP contribution in [0.3, 0.4) is 0 Å². The van der Waals surface area contributed by atoms with Gasteiger partial charge in [0.05, 0.1) is 0 Å². The number of ether oxygens (including phenoxy) is 1.